The molecule has 0 aliphatic carbocycles. The highest BCUT2D eigenvalue weighted by Gasteiger charge is 2.33. The maximum absolute atomic E-state index is 12.8. The van der Waals surface area contributed by atoms with Gasteiger partial charge in [0.15, 0.2) is 11.9 Å². The van der Waals surface area contributed by atoms with Crippen molar-refractivity contribution in [2.75, 3.05) is 16.8 Å². The molecule has 1 aliphatic rings. The van der Waals surface area contributed by atoms with Gasteiger partial charge in [0, 0.05) is 16.6 Å². The number of Topliss-reactive ketones (excluding diaryl/α,β-unsaturated/α-hetero) is 1. The summed E-state index contributed by atoms with van der Waals surface area (Å²) in [5, 5.41) is 4.83. The van der Waals surface area contributed by atoms with Crippen LogP contribution >= 0.6 is 0 Å². The molecule has 0 radical (unpaired) electrons. The van der Waals surface area contributed by atoms with E-state index < -0.39 is 6.10 Å². The van der Waals surface area contributed by atoms with Gasteiger partial charge in [0.1, 0.15) is 12.3 Å². The van der Waals surface area contributed by atoms with Gasteiger partial charge in [-0.2, -0.15) is 0 Å². The summed E-state index contributed by atoms with van der Waals surface area (Å²) in [4.78, 5) is 38.6. The molecule has 0 fully saturated rings. The molecule has 29 heavy (non-hydrogen) atoms. The smallest absolute Gasteiger partial charge is 0.268 e. The summed E-state index contributed by atoms with van der Waals surface area (Å²) >= 11 is 0. The monoisotopic (exact) mass is 388 g/mol. The van der Waals surface area contributed by atoms with Crippen molar-refractivity contribution < 1.29 is 19.1 Å². The normalized spacial score (nSPS) is 15.6. The second kappa shape index (κ2) is 7.39. The zero-order valence-electron chi connectivity index (χ0n) is 16.1. The van der Waals surface area contributed by atoms with Crippen LogP contribution in [0.15, 0.2) is 60.7 Å². The van der Waals surface area contributed by atoms with Gasteiger partial charge in [-0.05, 0) is 43.5 Å². The van der Waals surface area contributed by atoms with Gasteiger partial charge in [-0.25, -0.2) is 0 Å². The van der Waals surface area contributed by atoms with Gasteiger partial charge in [0.25, 0.3) is 5.91 Å². The summed E-state index contributed by atoms with van der Waals surface area (Å²) in [6.07, 6.45) is -0.712. The van der Waals surface area contributed by atoms with E-state index in [9.17, 15) is 14.4 Å². The predicted molar refractivity (Wildman–Crippen MR) is 111 cm³/mol. The molecule has 3 aromatic carbocycles. The first-order valence-corrected chi connectivity index (χ1v) is 9.34. The van der Waals surface area contributed by atoms with Crippen LogP contribution in [0.3, 0.4) is 0 Å². The Balaban J connectivity index is 1.63. The fourth-order valence-corrected chi connectivity index (χ4v) is 3.46. The number of rotatable bonds is 4. The second-order valence-corrected chi connectivity index (χ2v) is 7.00. The number of hydrogen-bond donors (Lipinski definition) is 1. The molecule has 1 atom stereocenters. The Morgan fingerprint density at radius 2 is 1.83 bits per heavy atom. The van der Waals surface area contributed by atoms with Crippen LogP contribution in [0.1, 0.15) is 24.2 Å². The molecule has 3 aromatic rings. The van der Waals surface area contributed by atoms with Crippen molar-refractivity contribution in [2.45, 2.75) is 20.0 Å². The molecule has 1 aliphatic heterocycles. The minimum Gasteiger partial charge on any atom is -0.479 e. The Bertz CT molecular complexity index is 1130. The van der Waals surface area contributed by atoms with Gasteiger partial charge >= 0.3 is 0 Å². The van der Waals surface area contributed by atoms with Crippen molar-refractivity contribution >= 4 is 39.7 Å². The van der Waals surface area contributed by atoms with Gasteiger partial charge < -0.3 is 10.1 Å². The van der Waals surface area contributed by atoms with Crippen molar-refractivity contribution in [3.8, 4) is 5.75 Å². The molecule has 1 N–H and O–H groups in total. The van der Waals surface area contributed by atoms with Crippen LogP contribution in [0.4, 0.5) is 11.4 Å². The Morgan fingerprint density at radius 1 is 1.07 bits per heavy atom. The van der Waals surface area contributed by atoms with E-state index in [4.69, 9.17) is 4.74 Å². The summed E-state index contributed by atoms with van der Waals surface area (Å²) in [5.41, 5.74) is 1.56. The van der Waals surface area contributed by atoms with Gasteiger partial charge in [-0.1, -0.05) is 36.4 Å². The first-order chi connectivity index (χ1) is 13.9. The quantitative estimate of drug-likeness (QED) is 0.690. The number of carbonyl (C=O) groups excluding carboxylic acids is 3. The third kappa shape index (κ3) is 3.57. The third-order valence-corrected chi connectivity index (χ3v) is 4.94. The van der Waals surface area contributed by atoms with Crippen LogP contribution < -0.4 is 15.0 Å². The molecule has 2 amide bonds. The number of ketones is 1. The van der Waals surface area contributed by atoms with E-state index in [1.165, 1.54) is 11.8 Å². The molecular weight excluding hydrogens is 368 g/mol. The number of ether oxygens (including phenoxy) is 1. The van der Waals surface area contributed by atoms with Crippen molar-refractivity contribution in [1.82, 2.24) is 0 Å². The van der Waals surface area contributed by atoms with E-state index >= 15 is 0 Å². The Kier molecular flexibility index (Phi) is 4.76. The van der Waals surface area contributed by atoms with Crippen LogP contribution in [-0.4, -0.2) is 30.2 Å². The average Bonchev–Trinajstić information content (AvgIpc) is 2.71. The largest absolute Gasteiger partial charge is 0.479 e. The van der Waals surface area contributed by atoms with Gasteiger partial charge in [0.2, 0.25) is 5.91 Å². The Hall–Kier alpha value is -3.67. The number of anilines is 2. The van der Waals surface area contributed by atoms with E-state index in [0.29, 0.717) is 22.7 Å². The molecule has 1 heterocycles. The topological polar surface area (TPSA) is 75.7 Å². The highest BCUT2D eigenvalue weighted by molar-refractivity contribution is 6.09. The molecule has 146 valence electrons. The minimum absolute atomic E-state index is 0.126. The standard InChI is InChI=1S/C23H20N2O4/c1-14(26)17-10-11-21-20(12-17)25(23(28)15(2)29-21)13-22(27)24-19-9-5-7-16-6-3-4-8-18(16)19/h3-12,15H,13H2,1-2H3,(H,24,27). The first-order valence-electron chi connectivity index (χ1n) is 9.34. The van der Waals surface area contributed by atoms with E-state index in [2.05, 4.69) is 5.32 Å². The second-order valence-electron chi connectivity index (χ2n) is 7.00. The van der Waals surface area contributed by atoms with Crippen LogP contribution in [0.5, 0.6) is 5.75 Å². The molecule has 0 saturated heterocycles. The summed E-state index contributed by atoms with van der Waals surface area (Å²) in [6, 6.07) is 18.3. The number of hydrogen-bond acceptors (Lipinski definition) is 4. The van der Waals surface area contributed by atoms with Crippen LogP contribution in [0.2, 0.25) is 0 Å². The number of benzene rings is 3. The SMILES string of the molecule is CC(=O)c1ccc2c(c1)N(CC(=O)Nc1cccc3ccccc13)C(=O)C(C)O2. The Morgan fingerprint density at radius 3 is 2.62 bits per heavy atom. The fraction of sp³-hybridized carbons (Fsp3) is 0.174. The van der Waals surface area contributed by atoms with Gasteiger partial charge in [-0.15, -0.1) is 0 Å². The van der Waals surface area contributed by atoms with E-state index in [0.717, 1.165) is 10.8 Å². The molecule has 0 bridgehead atoms. The summed E-state index contributed by atoms with van der Waals surface area (Å²) in [6.45, 7) is 2.91. The molecule has 6 nitrogen and oxygen atoms in total. The highest BCUT2D eigenvalue weighted by Crippen LogP contribution is 2.35. The lowest BCUT2D eigenvalue weighted by Gasteiger charge is -2.32. The molecule has 4 rings (SSSR count). The average molecular weight is 388 g/mol. The van der Waals surface area contributed by atoms with Crippen molar-refractivity contribution in [3.05, 3.63) is 66.2 Å². The Labute approximate surface area is 168 Å². The lowest BCUT2D eigenvalue weighted by molar-refractivity contribution is -0.127. The number of nitrogens with zero attached hydrogens (tertiary/aromatic N) is 1. The maximum atomic E-state index is 12.8. The maximum Gasteiger partial charge on any atom is 0.268 e. The molecular formula is C23H20N2O4. The number of fused-ring (bicyclic) bond motifs is 2. The zero-order chi connectivity index (χ0) is 20.5. The van der Waals surface area contributed by atoms with Crippen molar-refractivity contribution in [3.63, 3.8) is 0 Å². The molecule has 1 unspecified atom stereocenters. The minimum atomic E-state index is -0.712. The van der Waals surface area contributed by atoms with E-state index in [-0.39, 0.29) is 24.1 Å². The van der Waals surface area contributed by atoms with Crippen molar-refractivity contribution in [2.24, 2.45) is 0 Å². The summed E-state index contributed by atoms with van der Waals surface area (Å²) in [7, 11) is 0. The number of nitrogens with one attached hydrogen (secondary N) is 1. The number of carbonyl (C=O) groups is 3. The highest BCUT2D eigenvalue weighted by atomic mass is 16.5. The van der Waals surface area contributed by atoms with Crippen LogP contribution in [0.25, 0.3) is 10.8 Å². The third-order valence-electron chi connectivity index (χ3n) is 4.94. The van der Waals surface area contributed by atoms with E-state index in [1.807, 2.05) is 42.5 Å². The van der Waals surface area contributed by atoms with Crippen LogP contribution in [-0.2, 0) is 9.59 Å². The molecule has 0 spiro atoms. The lowest BCUT2D eigenvalue weighted by atomic mass is 10.1. The number of amides is 2. The first kappa shape index (κ1) is 18.7. The zero-order valence-corrected chi connectivity index (χ0v) is 16.1. The molecule has 0 saturated carbocycles. The predicted octanol–water partition coefficient (Wildman–Crippen LogP) is 3.80. The fourth-order valence-electron chi connectivity index (χ4n) is 3.46. The van der Waals surface area contributed by atoms with Gasteiger partial charge in [0.05, 0.1) is 5.69 Å². The summed E-state index contributed by atoms with van der Waals surface area (Å²) in [5.74, 6) is -0.312. The van der Waals surface area contributed by atoms with Gasteiger partial charge in [-0.3, -0.25) is 19.3 Å². The van der Waals surface area contributed by atoms with E-state index in [1.54, 1.807) is 25.1 Å². The summed E-state index contributed by atoms with van der Waals surface area (Å²) < 4.78 is 5.63. The van der Waals surface area contributed by atoms with Crippen molar-refractivity contribution in [1.29, 1.82) is 0 Å². The lowest BCUT2D eigenvalue weighted by Crippen LogP contribution is -2.47. The van der Waals surface area contributed by atoms with Crippen LogP contribution in [0, 0.1) is 0 Å². The molecule has 0 aromatic heterocycles. The molecule has 6 heteroatoms.